The number of ether oxygens (including phenoxy) is 2. The van der Waals surface area contributed by atoms with Crippen LogP contribution < -0.4 is 0 Å². The molecule has 0 radical (unpaired) electrons. The molecule has 1 saturated heterocycles. The molecule has 1 atom stereocenters. The molecule has 21 heavy (non-hydrogen) atoms. The zero-order valence-corrected chi connectivity index (χ0v) is 12.5. The Morgan fingerprint density at radius 2 is 2.14 bits per heavy atom. The first-order valence-corrected chi connectivity index (χ1v) is 7.26. The van der Waals surface area contributed by atoms with Crippen LogP contribution >= 0.6 is 0 Å². The van der Waals surface area contributed by atoms with Crippen molar-refractivity contribution in [3.63, 3.8) is 0 Å². The Kier molecular flexibility index (Phi) is 3.73. The molecule has 1 aromatic carbocycles. The third kappa shape index (κ3) is 2.95. The second-order valence-corrected chi connectivity index (χ2v) is 6.34. The molecule has 5 nitrogen and oxygen atoms in total. The van der Waals surface area contributed by atoms with E-state index in [9.17, 15) is 9.90 Å². The molecule has 0 aromatic heterocycles. The van der Waals surface area contributed by atoms with E-state index in [1.54, 1.807) is 4.90 Å². The van der Waals surface area contributed by atoms with Gasteiger partial charge in [-0.3, -0.25) is 4.79 Å². The third-order valence-electron chi connectivity index (χ3n) is 3.94. The number of fused-ring (bicyclic) bond motifs is 1. The molecule has 2 heterocycles. The van der Waals surface area contributed by atoms with Gasteiger partial charge in [0.1, 0.15) is 0 Å². The maximum atomic E-state index is 12.7. The first-order chi connectivity index (χ1) is 9.98. The Hall–Kier alpha value is -1.43. The van der Waals surface area contributed by atoms with E-state index in [4.69, 9.17) is 9.47 Å². The standard InChI is InChI=1S/C16H21NO4/c1-16(2)10-17(6-14(7-18)21-16)15(19)11-3-4-12-8-20-9-13(12)5-11/h3-5,14,18H,6-10H2,1-2H3. The lowest BCUT2D eigenvalue weighted by Gasteiger charge is -2.42. The number of hydrogen-bond acceptors (Lipinski definition) is 4. The van der Waals surface area contributed by atoms with Crippen molar-refractivity contribution in [2.24, 2.45) is 0 Å². The average molecular weight is 291 g/mol. The van der Waals surface area contributed by atoms with Gasteiger partial charge in [-0.25, -0.2) is 0 Å². The Morgan fingerprint density at radius 1 is 1.38 bits per heavy atom. The smallest absolute Gasteiger partial charge is 0.254 e. The van der Waals surface area contributed by atoms with Crippen LogP contribution in [0.2, 0.25) is 0 Å². The number of nitrogens with zero attached hydrogens (tertiary/aromatic N) is 1. The minimum absolute atomic E-state index is 0.0143. The Bertz CT molecular complexity index is 555. The fraction of sp³-hybridized carbons (Fsp3) is 0.562. The van der Waals surface area contributed by atoms with Gasteiger partial charge < -0.3 is 19.5 Å². The van der Waals surface area contributed by atoms with Crippen molar-refractivity contribution >= 4 is 5.91 Å². The topological polar surface area (TPSA) is 59.0 Å². The molecule has 0 bridgehead atoms. The molecule has 1 aromatic rings. The Balaban J connectivity index is 1.81. The summed E-state index contributed by atoms with van der Waals surface area (Å²) in [6.07, 6.45) is -0.324. The molecule has 0 saturated carbocycles. The van der Waals surface area contributed by atoms with Gasteiger partial charge in [0.15, 0.2) is 0 Å². The van der Waals surface area contributed by atoms with Crippen LogP contribution in [0.3, 0.4) is 0 Å². The number of carbonyl (C=O) groups excluding carboxylic acids is 1. The van der Waals surface area contributed by atoms with Crippen molar-refractivity contribution in [1.82, 2.24) is 4.90 Å². The van der Waals surface area contributed by atoms with Crippen molar-refractivity contribution < 1.29 is 19.4 Å². The summed E-state index contributed by atoms with van der Waals surface area (Å²) in [5.74, 6) is -0.0143. The van der Waals surface area contributed by atoms with Crippen molar-refractivity contribution in [2.45, 2.75) is 38.8 Å². The summed E-state index contributed by atoms with van der Waals surface area (Å²) >= 11 is 0. The highest BCUT2D eigenvalue weighted by molar-refractivity contribution is 5.94. The zero-order chi connectivity index (χ0) is 15.0. The van der Waals surface area contributed by atoms with E-state index in [2.05, 4.69) is 0 Å². The van der Waals surface area contributed by atoms with Crippen LogP contribution in [-0.4, -0.2) is 47.3 Å². The summed E-state index contributed by atoms with van der Waals surface area (Å²) < 4.78 is 11.1. The quantitative estimate of drug-likeness (QED) is 0.893. The number of morpholine rings is 1. The van der Waals surface area contributed by atoms with Gasteiger partial charge in [-0.2, -0.15) is 0 Å². The van der Waals surface area contributed by atoms with E-state index >= 15 is 0 Å². The summed E-state index contributed by atoms with van der Waals surface area (Å²) in [6, 6.07) is 5.73. The lowest BCUT2D eigenvalue weighted by Crippen LogP contribution is -2.55. The summed E-state index contributed by atoms with van der Waals surface area (Å²) in [4.78, 5) is 14.5. The van der Waals surface area contributed by atoms with Crippen molar-refractivity contribution in [3.8, 4) is 0 Å². The van der Waals surface area contributed by atoms with Crippen molar-refractivity contribution in [1.29, 1.82) is 0 Å². The SMILES string of the molecule is CC1(C)CN(C(=O)c2ccc3c(c2)COC3)CC(CO)O1. The molecule has 1 amide bonds. The molecule has 2 aliphatic heterocycles. The Labute approximate surface area is 124 Å². The second kappa shape index (κ2) is 5.40. The van der Waals surface area contributed by atoms with Gasteiger partial charge >= 0.3 is 0 Å². The maximum absolute atomic E-state index is 12.7. The summed E-state index contributed by atoms with van der Waals surface area (Å²) in [7, 11) is 0. The summed E-state index contributed by atoms with van der Waals surface area (Å²) in [5.41, 5.74) is 2.48. The minimum atomic E-state index is -0.443. The normalized spacial score (nSPS) is 24.0. The number of aliphatic hydroxyl groups is 1. The molecule has 1 N–H and O–H groups in total. The highest BCUT2D eigenvalue weighted by atomic mass is 16.5. The molecule has 0 spiro atoms. The van der Waals surface area contributed by atoms with Crippen LogP contribution in [0.1, 0.15) is 35.3 Å². The molecule has 5 heteroatoms. The average Bonchev–Trinajstić information content (AvgIpc) is 2.92. The summed E-state index contributed by atoms with van der Waals surface area (Å²) in [6.45, 7) is 5.94. The maximum Gasteiger partial charge on any atom is 0.254 e. The van der Waals surface area contributed by atoms with E-state index in [1.165, 1.54) is 0 Å². The molecule has 3 rings (SSSR count). The zero-order valence-electron chi connectivity index (χ0n) is 12.5. The number of amides is 1. The first kappa shape index (κ1) is 14.5. The van der Waals surface area contributed by atoms with Gasteiger partial charge in [-0.15, -0.1) is 0 Å². The predicted molar refractivity (Wildman–Crippen MR) is 76.9 cm³/mol. The van der Waals surface area contributed by atoms with Crippen LogP contribution in [0, 0.1) is 0 Å². The fourth-order valence-corrected chi connectivity index (χ4v) is 3.03. The van der Waals surface area contributed by atoms with E-state index in [0.717, 1.165) is 11.1 Å². The van der Waals surface area contributed by atoms with Crippen LogP contribution in [-0.2, 0) is 22.7 Å². The van der Waals surface area contributed by atoms with Crippen LogP contribution in [0.5, 0.6) is 0 Å². The lowest BCUT2D eigenvalue weighted by atomic mass is 10.0. The van der Waals surface area contributed by atoms with Crippen molar-refractivity contribution in [3.05, 3.63) is 34.9 Å². The van der Waals surface area contributed by atoms with Gasteiger partial charge in [0.25, 0.3) is 5.91 Å². The van der Waals surface area contributed by atoms with Gasteiger partial charge in [-0.05, 0) is 37.1 Å². The molecule has 1 fully saturated rings. The van der Waals surface area contributed by atoms with E-state index in [1.807, 2.05) is 32.0 Å². The highest BCUT2D eigenvalue weighted by Crippen LogP contribution is 2.25. The predicted octanol–water partition coefficient (Wildman–Crippen LogP) is 1.33. The Morgan fingerprint density at radius 3 is 2.90 bits per heavy atom. The third-order valence-corrected chi connectivity index (χ3v) is 3.94. The fourth-order valence-electron chi connectivity index (χ4n) is 3.03. The molecule has 114 valence electrons. The molecular weight excluding hydrogens is 270 g/mol. The summed E-state index contributed by atoms with van der Waals surface area (Å²) in [5, 5.41) is 9.34. The van der Waals surface area contributed by atoms with Gasteiger partial charge in [-0.1, -0.05) is 6.07 Å². The van der Waals surface area contributed by atoms with E-state index in [-0.39, 0.29) is 18.6 Å². The second-order valence-electron chi connectivity index (χ2n) is 6.34. The van der Waals surface area contributed by atoms with Gasteiger partial charge in [0.2, 0.25) is 0 Å². The first-order valence-electron chi connectivity index (χ1n) is 7.26. The minimum Gasteiger partial charge on any atom is -0.394 e. The van der Waals surface area contributed by atoms with E-state index < -0.39 is 5.60 Å². The number of rotatable bonds is 2. The van der Waals surface area contributed by atoms with E-state index in [0.29, 0.717) is 31.9 Å². The lowest BCUT2D eigenvalue weighted by molar-refractivity contribution is -0.139. The number of hydrogen-bond donors (Lipinski definition) is 1. The number of benzene rings is 1. The molecule has 0 aliphatic carbocycles. The van der Waals surface area contributed by atoms with Gasteiger partial charge in [0.05, 0.1) is 31.5 Å². The number of aliphatic hydroxyl groups excluding tert-OH is 1. The van der Waals surface area contributed by atoms with Gasteiger partial charge in [0, 0.05) is 18.7 Å². The van der Waals surface area contributed by atoms with Crippen LogP contribution in [0.4, 0.5) is 0 Å². The molecular formula is C16H21NO4. The molecule has 1 unspecified atom stereocenters. The van der Waals surface area contributed by atoms with Crippen molar-refractivity contribution in [2.75, 3.05) is 19.7 Å². The number of carbonyl (C=O) groups is 1. The van der Waals surface area contributed by atoms with Crippen LogP contribution in [0.15, 0.2) is 18.2 Å². The highest BCUT2D eigenvalue weighted by Gasteiger charge is 2.35. The molecule has 2 aliphatic rings. The largest absolute Gasteiger partial charge is 0.394 e. The monoisotopic (exact) mass is 291 g/mol. The van der Waals surface area contributed by atoms with Crippen LogP contribution in [0.25, 0.3) is 0 Å².